The molecule has 2 amide bonds. The third-order valence-corrected chi connectivity index (χ3v) is 5.53. The first-order chi connectivity index (χ1) is 11.5. The number of hydrogen-bond donors (Lipinski definition) is 2. The molecule has 0 radical (unpaired) electrons. The SMILES string of the molecule is Cc1ccc(C)c(NC(=O)C[C@H]2SC(=NC3CCCC3)NC2=O)c1. The highest BCUT2D eigenvalue weighted by molar-refractivity contribution is 8.15. The van der Waals surface area contributed by atoms with E-state index in [0.29, 0.717) is 11.2 Å². The summed E-state index contributed by atoms with van der Waals surface area (Å²) in [4.78, 5) is 29.0. The smallest absolute Gasteiger partial charge is 0.240 e. The van der Waals surface area contributed by atoms with Gasteiger partial charge in [-0.3, -0.25) is 14.6 Å². The molecule has 128 valence electrons. The highest BCUT2D eigenvalue weighted by Gasteiger charge is 2.32. The van der Waals surface area contributed by atoms with Crippen LogP contribution in [0.3, 0.4) is 0 Å². The van der Waals surface area contributed by atoms with Crippen molar-refractivity contribution in [1.82, 2.24) is 5.32 Å². The van der Waals surface area contributed by atoms with Crippen LogP contribution in [0.5, 0.6) is 0 Å². The Labute approximate surface area is 146 Å². The first-order valence-corrected chi connectivity index (χ1v) is 9.31. The van der Waals surface area contributed by atoms with Gasteiger partial charge in [0.2, 0.25) is 11.8 Å². The average Bonchev–Trinajstić information content (AvgIpc) is 3.14. The van der Waals surface area contributed by atoms with Gasteiger partial charge < -0.3 is 10.6 Å². The molecule has 1 aromatic carbocycles. The fourth-order valence-corrected chi connectivity index (χ4v) is 4.08. The van der Waals surface area contributed by atoms with Crippen LogP contribution in [0.15, 0.2) is 23.2 Å². The minimum absolute atomic E-state index is 0.118. The summed E-state index contributed by atoms with van der Waals surface area (Å²) in [6, 6.07) is 6.27. The first-order valence-electron chi connectivity index (χ1n) is 8.43. The van der Waals surface area contributed by atoms with Gasteiger partial charge in [0.15, 0.2) is 5.17 Å². The van der Waals surface area contributed by atoms with Crippen LogP contribution in [-0.4, -0.2) is 28.3 Å². The van der Waals surface area contributed by atoms with Crippen LogP contribution in [0.2, 0.25) is 0 Å². The van der Waals surface area contributed by atoms with E-state index in [1.54, 1.807) is 0 Å². The van der Waals surface area contributed by atoms with Gasteiger partial charge in [0.1, 0.15) is 5.25 Å². The lowest BCUT2D eigenvalue weighted by Crippen LogP contribution is -2.28. The van der Waals surface area contributed by atoms with E-state index in [1.807, 2.05) is 32.0 Å². The Morgan fingerprint density at radius 3 is 2.83 bits per heavy atom. The van der Waals surface area contributed by atoms with Gasteiger partial charge in [-0.25, -0.2) is 0 Å². The molecule has 24 heavy (non-hydrogen) atoms. The van der Waals surface area contributed by atoms with Gasteiger partial charge in [-0.05, 0) is 43.9 Å². The number of anilines is 1. The predicted molar refractivity (Wildman–Crippen MR) is 98.4 cm³/mol. The predicted octanol–water partition coefficient (Wildman–Crippen LogP) is 3.16. The molecule has 1 atom stereocenters. The first kappa shape index (κ1) is 17.0. The largest absolute Gasteiger partial charge is 0.326 e. The fraction of sp³-hybridized carbons (Fsp3) is 0.500. The highest BCUT2D eigenvalue weighted by Crippen LogP contribution is 2.27. The van der Waals surface area contributed by atoms with Crippen LogP contribution in [0.25, 0.3) is 0 Å². The molecule has 0 bridgehead atoms. The van der Waals surface area contributed by atoms with Gasteiger partial charge in [-0.2, -0.15) is 0 Å². The summed E-state index contributed by atoms with van der Waals surface area (Å²) in [7, 11) is 0. The Morgan fingerprint density at radius 1 is 1.33 bits per heavy atom. The van der Waals surface area contributed by atoms with Crippen molar-refractivity contribution < 1.29 is 9.59 Å². The Bertz CT molecular complexity index is 681. The molecule has 1 aliphatic carbocycles. The summed E-state index contributed by atoms with van der Waals surface area (Å²) in [6.45, 7) is 3.94. The lowest BCUT2D eigenvalue weighted by Gasteiger charge is -2.10. The Balaban J connectivity index is 1.58. The Hall–Kier alpha value is -1.82. The van der Waals surface area contributed by atoms with Crippen molar-refractivity contribution in [2.75, 3.05) is 5.32 Å². The molecule has 6 heteroatoms. The van der Waals surface area contributed by atoms with E-state index >= 15 is 0 Å². The maximum absolute atomic E-state index is 12.3. The molecule has 2 N–H and O–H groups in total. The van der Waals surface area contributed by atoms with Gasteiger partial charge in [0, 0.05) is 12.1 Å². The number of rotatable bonds is 4. The maximum Gasteiger partial charge on any atom is 0.240 e. The van der Waals surface area contributed by atoms with E-state index in [4.69, 9.17) is 0 Å². The standard InChI is InChI=1S/C18H23N3O2S/c1-11-7-8-12(2)14(9-11)20-16(22)10-15-17(23)21-18(24-15)19-13-5-3-4-6-13/h7-9,13,15H,3-6,10H2,1-2H3,(H,20,22)(H,19,21,23)/t15-/m1/s1. The van der Waals surface area contributed by atoms with Crippen LogP contribution in [0.4, 0.5) is 5.69 Å². The van der Waals surface area contributed by atoms with Crippen LogP contribution < -0.4 is 10.6 Å². The molecule has 2 aliphatic rings. The van der Waals surface area contributed by atoms with Gasteiger partial charge in [0.05, 0.1) is 6.04 Å². The van der Waals surface area contributed by atoms with Crippen molar-refractivity contribution in [2.24, 2.45) is 4.99 Å². The minimum Gasteiger partial charge on any atom is -0.326 e. The average molecular weight is 345 g/mol. The second-order valence-corrected chi connectivity index (χ2v) is 7.73. The van der Waals surface area contributed by atoms with Crippen molar-refractivity contribution in [3.8, 4) is 0 Å². The summed E-state index contributed by atoms with van der Waals surface area (Å²) >= 11 is 1.38. The Kier molecular flexibility index (Phi) is 5.23. The zero-order chi connectivity index (χ0) is 17.1. The van der Waals surface area contributed by atoms with Crippen LogP contribution in [-0.2, 0) is 9.59 Å². The molecule has 0 unspecified atom stereocenters. The molecular weight excluding hydrogens is 322 g/mol. The number of aliphatic imine (C=N–C) groups is 1. The van der Waals surface area contributed by atoms with Gasteiger partial charge >= 0.3 is 0 Å². The molecule has 0 spiro atoms. The van der Waals surface area contributed by atoms with E-state index < -0.39 is 5.25 Å². The molecule has 1 aromatic rings. The van der Waals surface area contributed by atoms with Gasteiger partial charge in [0.25, 0.3) is 0 Å². The minimum atomic E-state index is -0.393. The van der Waals surface area contributed by atoms with Gasteiger partial charge in [-0.15, -0.1) is 0 Å². The second kappa shape index (κ2) is 7.38. The normalized spacial score (nSPS) is 22.8. The number of nitrogens with one attached hydrogen (secondary N) is 2. The molecule has 1 saturated carbocycles. The number of nitrogens with zero attached hydrogens (tertiary/aromatic N) is 1. The van der Waals surface area contributed by atoms with Crippen molar-refractivity contribution in [2.45, 2.75) is 57.2 Å². The van der Waals surface area contributed by atoms with Crippen LogP contribution >= 0.6 is 11.8 Å². The van der Waals surface area contributed by atoms with Crippen molar-refractivity contribution in [3.05, 3.63) is 29.3 Å². The molecule has 0 aromatic heterocycles. The van der Waals surface area contributed by atoms with E-state index in [1.165, 1.54) is 24.6 Å². The van der Waals surface area contributed by atoms with Crippen molar-refractivity contribution in [3.63, 3.8) is 0 Å². The molecule has 1 saturated heterocycles. The number of hydrogen-bond acceptors (Lipinski definition) is 4. The number of benzene rings is 1. The summed E-state index contributed by atoms with van der Waals surface area (Å²) in [5.41, 5.74) is 2.92. The third-order valence-electron chi connectivity index (χ3n) is 4.44. The number of amides is 2. The molecule has 1 heterocycles. The molecule has 3 rings (SSSR count). The number of carbonyl (C=O) groups is 2. The molecule has 5 nitrogen and oxygen atoms in total. The summed E-state index contributed by atoms with van der Waals surface area (Å²) in [5.74, 6) is -0.258. The summed E-state index contributed by atoms with van der Waals surface area (Å²) in [5, 5.41) is 6.01. The Morgan fingerprint density at radius 2 is 2.08 bits per heavy atom. The molecule has 2 fully saturated rings. The number of aryl methyl sites for hydroxylation is 2. The number of carbonyl (C=O) groups excluding carboxylic acids is 2. The lowest BCUT2D eigenvalue weighted by molar-refractivity contribution is -0.122. The zero-order valence-corrected chi connectivity index (χ0v) is 14.9. The topological polar surface area (TPSA) is 70.6 Å². The van der Waals surface area contributed by atoms with Crippen molar-refractivity contribution in [1.29, 1.82) is 0 Å². The van der Waals surface area contributed by atoms with Crippen LogP contribution in [0, 0.1) is 13.8 Å². The lowest BCUT2D eigenvalue weighted by atomic mass is 10.1. The van der Waals surface area contributed by atoms with Gasteiger partial charge in [-0.1, -0.05) is 36.7 Å². The summed E-state index contributed by atoms with van der Waals surface area (Å²) in [6.07, 6.45) is 4.77. The monoisotopic (exact) mass is 345 g/mol. The summed E-state index contributed by atoms with van der Waals surface area (Å²) < 4.78 is 0. The number of amidine groups is 1. The molecule has 1 aliphatic heterocycles. The van der Waals surface area contributed by atoms with E-state index in [-0.39, 0.29) is 18.2 Å². The van der Waals surface area contributed by atoms with E-state index in [0.717, 1.165) is 29.7 Å². The van der Waals surface area contributed by atoms with E-state index in [2.05, 4.69) is 15.6 Å². The van der Waals surface area contributed by atoms with Crippen molar-refractivity contribution >= 4 is 34.4 Å². The quantitative estimate of drug-likeness (QED) is 0.880. The highest BCUT2D eigenvalue weighted by atomic mass is 32.2. The zero-order valence-electron chi connectivity index (χ0n) is 14.1. The third kappa shape index (κ3) is 4.17. The second-order valence-electron chi connectivity index (χ2n) is 6.54. The number of thioether (sulfide) groups is 1. The fourth-order valence-electron chi connectivity index (χ4n) is 3.04. The molecular formula is C18H23N3O2S. The maximum atomic E-state index is 12.3. The van der Waals surface area contributed by atoms with E-state index in [9.17, 15) is 9.59 Å². The van der Waals surface area contributed by atoms with Crippen LogP contribution in [0.1, 0.15) is 43.2 Å².